The van der Waals surface area contributed by atoms with Gasteiger partial charge in [0.2, 0.25) is 0 Å². The molecule has 0 heterocycles. The van der Waals surface area contributed by atoms with Crippen molar-refractivity contribution in [1.82, 2.24) is 0 Å². The van der Waals surface area contributed by atoms with Crippen LogP contribution in [0.3, 0.4) is 0 Å². The Kier molecular flexibility index (Phi) is 5.48. The molecule has 0 fully saturated rings. The van der Waals surface area contributed by atoms with E-state index in [-0.39, 0.29) is 5.41 Å². The Morgan fingerprint density at radius 3 is 1.83 bits per heavy atom. The van der Waals surface area contributed by atoms with Crippen LogP contribution in [-0.4, -0.2) is 11.1 Å². The van der Waals surface area contributed by atoms with Crippen LogP contribution in [0, 0.1) is 0 Å². The molecule has 0 saturated heterocycles. The van der Waals surface area contributed by atoms with Gasteiger partial charge in [0, 0.05) is 0 Å². The number of carboxylic acid groups (broad SMARTS) is 1. The van der Waals surface area contributed by atoms with E-state index >= 15 is 0 Å². The molecule has 0 aromatic heterocycles. The van der Waals surface area contributed by atoms with E-state index in [1.165, 1.54) is 11.1 Å². The molecule has 0 amide bonds. The van der Waals surface area contributed by atoms with Crippen molar-refractivity contribution in [2.75, 3.05) is 0 Å². The maximum atomic E-state index is 11.7. The van der Waals surface area contributed by atoms with Crippen LogP contribution < -0.4 is 0 Å². The predicted octanol–water partition coefficient (Wildman–Crippen LogP) is 5.52. The Balaban J connectivity index is 2.21. The molecule has 1 atom stereocenters. The monoisotopic (exact) mass is 324 g/mol. The third-order valence-corrected chi connectivity index (χ3v) is 4.56. The predicted molar refractivity (Wildman–Crippen MR) is 99.8 cm³/mol. The molecule has 1 unspecified atom stereocenters. The number of hydrogen-bond donors (Lipinski definition) is 1. The summed E-state index contributed by atoms with van der Waals surface area (Å²) in [5.41, 5.74) is 4.53. The standard InChI is InChI=1S/C22H28O2/c1-15(2)17-8-10-18(11-9-17)20(21(23)24)14-16-6-12-19(13-7-16)22(3,4)5/h6-13,15,20H,14H2,1-5H3,(H,23,24). The average molecular weight is 324 g/mol. The quantitative estimate of drug-likeness (QED) is 0.786. The van der Waals surface area contributed by atoms with Gasteiger partial charge in [0.25, 0.3) is 0 Å². The molecule has 2 heteroatoms. The fourth-order valence-corrected chi connectivity index (χ4v) is 2.84. The van der Waals surface area contributed by atoms with E-state index in [0.717, 1.165) is 11.1 Å². The van der Waals surface area contributed by atoms with Gasteiger partial charge in [-0.15, -0.1) is 0 Å². The largest absolute Gasteiger partial charge is 0.481 e. The fourth-order valence-electron chi connectivity index (χ4n) is 2.84. The second-order valence-electron chi connectivity index (χ2n) is 7.86. The van der Waals surface area contributed by atoms with Crippen molar-refractivity contribution in [2.45, 2.75) is 58.3 Å². The molecule has 0 radical (unpaired) electrons. The van der Waals surface area contributed by atoms with Gasteiger partial charge in [0.15, 0.2) is 0 Å². The Hall–Kier alpha value is -2.09. The van der Waals surface area contributed by atoms with Crippen molar-refractivity contribution >= 4 is 5.97 Å². The maximum Gasteiger partial charge on any atom is 0.311 e. The van der Waals surface area contributed by atoms with Crippen LogP contribution in [-0.2, 0) is 16.6 Å². The van der Waals surface area contributed by atoms with Crippen molar-refractivity contribution in [2.24, 2.45) is 0 Å². The molecular formula is C22H28O2. The number of carbonyl (C=O) groups is 1. The van der Waals surface area contributed by atoms with Crippen LogP contribution in [0.5, 0.6) is 0 Å². The maximum absolute atomic E-state index is 11.7. The van der Waals surface area contributed by atoms with Gasteiger partial charge >= 0.3 is 5.97 Å². The minimum atomic E-state index is -0.771. The summed E-state index contributed by atoms with van der Waals surface area (Å²) in [6, 6.07) is 16.3. The lowest BCUT2D eigenvalue weighted by Gasteiger charge is -2.20. The van der Waals surface area contributed by atoms with Gasteiger partial charge in [0.05, 0.1) is 5.92 Å². The van der Waals surface area contributed by atoms with Gasteiger partial charge in [-0.25, -0.2) is 0 Å². The summed E-state index contributed by atoms with van der Waals surface area (Å²) in [5, 5.41) is 9.65. The van der Waals surface area contributed by atoms with Crippen LogP contribution in [0.1, 0.15) is 68.7 Å². The van der Waals surface area contributed by atoms with E-state index in [0.29, 0.717) is 12.3 Å². The highest BCUT2D eigenvalue weighted by Crippen LogP contribution is 2.26. The van der Waals surface area contributed by atoms with Crippen LogP contribution >= 0.6 is 0 Å². The van der Waals surface area contributed by atoms with E-state index in [1.807, 2.05) is 24.3 Å². The molecule has 0 aliphatic rings. The molecular weight excluding hydrogens is 296 g/mol. The first-order chi connectivity index (χ1) is 11.2. The molecule has 0 bridgehead atoms. The average Bonchev–Trinajstić information content (AvgIpc) is 2.52. The van der Waals surface area contributed by atoms with Crippen molar-refractivity contribution < 1.29 is 9.90 Å². The first-order valence-corrected chi connectivity index (χ1v) is 8.60. The van der Waals surface area contributed by atoms with Gasteiger partial charge in [-0.2, -0.15) is 0 Å². The summed E-state index contributed by atoms with van der Waals surface area (Å²) in [6.07, 6.45) is 0.515. The lowest BCUT2D eigenvalue weighted by molar-refractivity contribution is -0.138. The molecule has 2 aromatic carbocycles. The third-order valence-electron chi connectivity index (χ3n) is 4.56. The van der Waals surface area contributed by atoms with Crippen LogP contribution in [0.15, 0.2) is 48.5 Å². The summed E-state index contributed by atoms with van der Waals surface area (Å²) in [4.78, 5) is 11.7. The lowest BCUT2D eigenvalue weighted by atomic mass is 9.85. The zero-order valence-corrected chi connectivity index (χ0v) is 15.3. The SMILES string of the molecule is CC(C)c1ccc(C(Cc2ccc(C(C)(C)C)cc2)C(=O)O)cc1. The zero-order chi connectivity index (χ0) is 17.9. The molecule has 24 heavy (non-hydrogen) atoms. The number of benzene rings is 2. The summed E-state index contributed by atoms with van der Waals surface area (Å²) in [5.74, 6) is -0.828. The highest BCUT2D eigenvalue weighted by atomic mass is 16.4. The van der Waals surface area contributed by atoms with Gasteiger partial charge in [0.1, 0.15) is 0 Å². The number of aliphatic carboxylic acids is 1. The highest BCUT2D eigenvalue weighted by Gasteiger charge is 2.21. The van der Waals surface area contributed by atoms with E-state index in [1.54, 1.807) is 0 Å². The molecule has 2 aromatic rings. The number of carboxylic acids is 1. The molecule has 0 spiro atoms. The summed E-state index contributed by atoms with van der Waals surface area (Å²) in [6.45, 7) is 10.8. The Morgan fingerprint density at radius 2 is 1.42 bits per heavy atom. The van der Waals surface area contributed by atoms with E-state index < -0.39 is 11.9 Å². The fraction of sp³-hybridized carbons (Fsp3) is 0.409. The summed E-state index contributed by atoms with van der Waals surface area (Å²) >= 11 is 0. The van der Waals surface area contributed by atoms with Crippen molar-refractivity contribution in [3.8, 4) is 0 Å². The lowest BCUT2D eigenvalue weighted by Crippen LogP contribution is -2.15. The number of rotatable bonds is 5. The molecule has 0 aliphatic heterocycles. The normalized spacial score (nSPS) is 13.1. The molecule has 1 N–H and O–H groups in total. The van der Waals surface area contributed by atoms with Crippen LogP contribution in [0.4, 0.5) is 0 Å². The van der Waals surface area contributed by atoms with Crippen molar-refractivity contribution in [3.05, 3.63) is 70.8 Å². The van der Waals surface area contributed by atoms with Gasteiger partial charge in [-0.05, 0) is 40.0 Å². The Morgan fingerprint density at radius 1 is 0.917 bits per heavy atom. The topological polar surface area (TPSA) is 37.3 Å². The zero-order valence-electron chi connectivity index (χ0n) is 15.3. The molecule has 128 valence electrons. The van der Waals surface area contributed by atoms with Crippen LogP contribution in [0.25, 0.3) is 0 Å². The van der Waals surface area contributed by atoms with Gasteiger partial charge in [-0.1, -0.05) is 83.1 Å². The molecule has 2 rings (SSSR count). The minimum absolute atomic E-state index is 0.109. The van der Waals surface area contributed by atoms with E-state index in [4.69, 9.17) is 0 Å². The van der Waals surface area contributed by atoms with Crippen LogP contribution in [0.2, 0.25) is 0 Å². The van der Waals surface area contributed by atoms with Gasteiger partial charge < -0.3 is 5.11 Å². The second-order valence-corrected chi connectivity index (χ2v) is 7.86. The van der Waals surface area contributed by atoms with E-state index in [2.05, 4.69) is 58.9 Å². The first-order valence-electron chi connectivity index (χ1n) is 8.60. The summed E-state index contributed by atoms with van der Waals surface area (Å²) in [7, 11) is 0. The van der Waals surface area contributed by atoms with Gasteiger partial charge in [-0.3, -0.25) is 4.79 Å². The smallest absolute Gasteiger partial charge is 0.311 e. The Bertz CT molecular complexity index is 673. The third kappa shape index (κ3) is 4.47. The second kappa shape index (κ2) is 7.21. The Labute approximate surface area is 145 Å². The molecule has 0 aliphatic carbocycles. The van der Waals surface area contributed by atoms with Crippen molar-refractivity contribution in [1.29, 1.82) is 0 Å². The highest BCUT2D eigenvalue weighted by molar-refractivity contribution is 5.76. The first kappa shape index (κ1) is 18.3. The van der Waals surface area contributed by atoms with E-state index in [9.17, 15) is 9.90 Å². The summed E-state index contributed by atoms with van der Waals surface area (Å²) < 4.78 is 0. The minimum Gasteiger partial charge on any atom is -0.481 e. The number of hydrogen-bond acceptors (Lipinski definition) is 1. The molecule has 0 saturated carbocycles. The molecule has 2 nitrogen and oxygen atoms in total. The van der Waals surface area contributed by atoms with Crippen molar-refractivity contribution in [3.63, 3.8) is 0 Å².